The first kappa shape index (κ1) is 14.3. The lowest BCUT2D eigenvalue weighted by Gasteiger charge is -2.26. The van der Waals surface area contributed by atoms with Crippen LogP contribution in [0.1, 0.15) is 32.1 Å². The van der Waals surface area contributed by atoms with Gasteiger partial charge in [-0.05, 0) is 25.8 Å². The van der Waals surface area contributed by atoms with E-state index >= 15 is 0 Å². The molecule has 0 aromatic rings. The van der Waals surface area contributed by atoms with Gasteiger partial charge >= 0.3 is 6.18 Å². The Morgan fingerprint density at radius 1 is 1.41 bits per heavy atom. The highest BCUT2D eigenvalue weighted by molar-refractivity contribution is 5.76. The summed E-state index contributed by atoms with van der Waals surface area (Å²) in [6.07, 6.45) is -1.70. The van der Waals surface area contributed by atoms with Gasteiger partial charge in [-0.25, -0.2) is 0 Å². The molecule has 0 aromatic heterocycles. The number of carbonyl (C=O) groups excluding carboxylic acids is 1. The van der Waals surface area contributed by atoms with Gasteiger partial charge in [0.25, 0.3) is 0 Å². The molecule has 1 rings (SSSR count). The number of amides is 1. The molecule has 17 heavy (non-hydrogen) atoms. The van der Waals surface area contributed by atoms with Crippen LogP contribution in [0.25, 0.3) is 0 Å². The Morgan fingerprint density at radius 3 is 2.65 bits per heavy atom. The fourth-order valence-electron chi connectivity index (χ4n) is 1.95. The molecule has 1 unspecified atom stereocenters. The molecule has 6 heteroatoms. The molecule has 0 saturated carbocycles. The van der Waals surface area contributed by atoms with Crippen molar-refractivity contribution in [1.29, 1.82) is 0 Å². The highest BCUT2D eigenvalue weighted by Crippen LogP contribution is 2.20. The first-order chi connectivity index (χ1) is 7.88. The van der Waals surface area contributed by atoms with E-state index in [9.17, 15) is 18.0 Å². The van der Waals surface area contributed by atoms with Crippen molar-refractivity contribution < 1.29 is 18.0 Å². The quantitative estimate of drug-likeness (QED) is 0.829. The molecule has 1 atom stereocenters. The van der Waals surface area contributed by atoms with Gasteiger partial charge in [0.2, 0.25) is 5.91 Å². The van der Waals surface area contributed by atoms with E-state index in [1.807, 2.05) is 0 Å². The number of hydrogen-bond donors (Lipinski definition) is 1. The van der Waals surface area contributed by atoms with E-state index in [-0.39, 0.29) is 0 Å². The van der Waals surface area contributed by atoms with Crippen molar-refractivity contribution >= 4 is 5.91 Å². The average molecular weight is 252 g/mol. The standard InChI is InChI=1S/C11H19F3N2O/c1-16(10(17)8-11(12,13)14)7-5-9-4-2-3-6-15-9/h9,15H,2-8H2,1H3. The van der Waals surface area contributed by atoms with E-state index in [1.165, 1.54) is 11.9 Å². The second kappa shape index (κ2) is 6.23. The summed E-state index contributed by atoms with van der Waals surface area (Å²) in [4.78, 5) is 12.4. The van der Waals surface area contributed by atoms with Crippen molar-refractivity contribution in [2.45, 2.75) is 44.3 Å². The Labute approximate surface area is 99.4 Å². The number of rotatable bonds is 4. The molecule has 1 aliphatic rings. The van der Waals surface area contributed by atoms with E-state index in [4.69, 9.17) is 0 Å². The monoisotopic (exact) mass is 252 g/mol. The van der Waals surface area contributed by atoms with Crippen LogP contribution < -0.4 is 5.32 Å². The SMILES string of the molecule is CN(CCC1CCCCN1)C(=O)CC(F)(F)F. The Balaban J connectivity index is 2.23. The molecule has 0 aromatic carbocycles. The maximum Gasteiger partial charge on any atom is 0.397 e. The molecular formula is C11H19F3N2O. The fraction of sp³-hybridized carbons (Fsp3) is 0.909. The predicted octanol–water partition coefficient (Wildman–Crippen LogP) is 1.93. The van der Waals surface area contributed by atoms with Crippen molar-refractivity contribution in [3.8, 4) is 0 Å². The van der Waals surface area contributed by atoms with Crippen LogP contribution in [-0.2, 0) is 4.79 Å². The molecule has 100 valence electrons. The van der Waals surface area contributed by atoms with Gasteiger partial charge in [0.05, 0.1) is 0 Å². The van der Waals surface area contributed by atoms with E-state index in [1.54, 1.807) is 0 Å². The topological polar surface area (TPSA) is 32.3 Å². The van der Waals surface area contributed by atoms with Crippen LogP contribution in [-0.4, -0.2) is 43.2 Å². The molecule has 1 saturated heterocycles. The molecule has 0 bridgehead atoms. The van der Waals surface area contributed by atoms with E-state index in [0.29, 0.717) is 12.6 Å². The smallest absolute Gasteiger partial charge is 0.345 e. The van der Waals surface area contributed by atoms with Crippen LogP contribution in [0.2, 0.25) is 0 Å². The first-order valence-electron chi connectivity index (χ1n) is 5.92. The molecule has 1 heterocycles. The normalized spacial score (nSPS) is 21.3. The zero-order chi connectivity index (χ0) is 12.9. The summed E-state index contributed by atoms with van der Waals surface area (Å²) in [5.74, 6) is -0.853. The minimum absolute atomic E-state index is 0.338. The van der Waals surface area contributed by atoms with Crippen LogP contribution in [0.15, 0.2) is 0 Å². The minimum Gasteiger partial charge on any atom is -0.345 e. The molecule has 0 aliphatic carbocycles. The Morgan fingerprint density at radius 2 is 2.12 bits per heavy atom. The van der Waals surface area contributed by atoms with Gasteiger partial charge in [-0.1, -0.05) is 6.42 Å². The van der Waals surface area contributed by atoms with Gasteiger partial charge in [0, 0.05) is 19.6 Å². The van der Waals surface area contributed by atoms with E-state index in [2.05, 4.69) is 5.32 Å². The lowest BCUT2D eigenvalue weighted by molar-refractivity contribution is -0.160. The zero-order valence-electron chi connectivity index (χ0n) is 10.0. The summed E-state index contributed by atoms with van der Waals surface area (Å²) in [5, 5.41) is 3.30. The van der Waals surface area contributed by atoms with Crippen molar-refractivity contribution in [2.24, 2.45) is 0 Å². The van der Waals surface area contributed by atoms with Gasteiger partial charge in [-0.3, -0.25) is 4.79 Å². The number of piperidine rings is 1. The molecule has 1 fully saturated rings. The number of halogens is 3. The summed E-state index contributed by atoms with van der Waals surface area (Å²) in [7, 11) is 1.43. The Kier molecular flexibility index (Phi) is 5.24. The van der Waals surface area contributed by atoms with Crippen LogP contribution in [0.3, 0.4) is 0 Å². The number of nitrogens with zero attached hydrogens (tertiary/aromatic N) is 1. The Bertz CT molecular complexity index is 250. The second-order valence-corrected chi connectivity index (χ2v) is 4.54. The number of alkyl halides is 3. The third-order valence-corrected chi connectivity index (χ3v) is 3.00. The molecule has 1 N–H and O–H groups in total. The van der Waals surface area contributed by atoms with Crippen molar-refractivity contribution in [3.05, 3.63) is 0 Å². The summed E-state index contributed by atoms with van der Waals surface area (Å²) < 4.78 is 36.0. The highest BCUT2D eigenvalue weighted by atomic mass is 19.4. The van der Waals surface area contributed by atoms with Gasteiger partial charge in [0.1, 0.15) is 6.42 Å². The van der Waals surface area contributed by atoms with E-state index in [0.717, 1.165) is 32.2 Å². The number of carbonyl (C=O) groups is 1. The minimum atomic E-state index is -4.41. The third kappa shape index (κ3) is 5.91. The summed E-state index contributed by atoms with van der Waals surface area (Å²) in [5.41, 5.74) is 0. The summed E-state index contributed by atoms with van der Waals surface area (Å²) in [6.45, 7) is 1.34. The van der Waals surface area contributed by atoms with Crippen molar-refractivity contribution in [1.82, 2.24) is 10.2 Å². The van der Waals surface area contributed by atoms with Gasteiger partial charge in [0.15, 0.2) is 0 Å². The summed E-state index contributed by atoms with van der Waals surface area (Å²) >= 11 is 0. The van der Waals surface area contributed by atoms with Crippen LogP contribution in [0.5, 0.6) is 0 Å². The molecular weight excluding hydrogens is 233 g/mol. The van der Waals surface area contributed by atoms with Crippen molar-refractivity contribution in [3.63, 3.8) is 0 Å². The molecule has 1 amide bonds. The second-order valence-electron chi connectivity index (χ2n) is 4.54. The van der Waals surface area contributed by atoms with Crippen LogP contribution >= 0.6 is 0 Å². The fourth-order valence-corrected chi connectivity index (χ4v) is 1.95. The average Bonchev–Trinajstić information content (AvgIpc) is 2.25. The lowest BCUT2D eigenvalue weighted by atomic mass is 10.0. The third-order valence-electron chi connectivity index (χ3n) is 3.00. The van der Waals surface area contributed by atoms with Gasteiger partial charge in [-0.15, -0.1) is 0 Å². The van der Waals surface area contributed by atoms with Gasteiger partial charge < -0.3 is 10.2 Å². The van der Waals surface area contributed by atoms with Gasteiger partial charge in [-0.2, -0.15) is 13.2 Å². The van der Waals surface area contributed by atoms with Crippen LogP contribution in [0.4, 0.5) is 13.2 Å². The number of nitrogens with one attached hydrogen (secondary N) is 1. The highest BCUT2D eigenvalue weighted by Gasteiger charge is 2.32. The number of hydrogen-bond acceptors (Lipinski definition) is 2. The Hall–Kier alpha value is -0.780. The molecule has 0 spiro atoms. The zero-order valence-corrected chi connectivity index (χ0v) is 10.0. The first-order valence-corrected chi connectivity index (χ1v) is 5.92. The molecule has 0 radical (unpaired) electrons. The maximum absolute atomic E-state index is 12.0. The van der Waals surface area contributed by atoms with Crippen LogP contribution in [0, 0.1) is 0 Å². The predicted molar refractivity (Wildman–Crippen MR) is 58.6 cm³/mol. The maximum atomic E-state index is 12.0. The molecule has 3 nitrogen and oxygen atoms in total. The summed E-state index contributed by atoms with van der Waals surface area (Å²) in [6, 6.07) is 0.338. The largest absolute Gasteiger partial charge is 0.397 e. The van der Waals surface area contributed by atoms with E-state index < -0.39 is 18.5 Å². The lowest BCUT2D eigenvalue weighted by Crippen LogP contribution is -2.38. The molecule has 1 aliphatic heterocycles. The van der Waals surface area contributed by atoms with Crippen molar-refractivity contribution in [2.75, 3.05) is 20.1 Å².